The molecule has 0 atom stereocenters. The first-order valence-electron chi connectivity index (χ1n) is 8.14. The SMILES string of the molecule is C1COCCO1.CCCCCCCCCCCC(=O)O. The number of carboxylic acid groups (broad SMARTS) is 1. The van der Waals surface area contributed by atoms with Crippen LogP contribution in [-0.2, 0) is 14.3 Å². The fourth-order valence-electron chi connectivity index (χ4n) is 2.03. The summed E-state index contributed by atoms with van der Waals surface area (Å²) in [6, 6.07) is 0. The lowest BCUT2D eigenvalue weighted by Crippen LogP contribution is -2.16. The van der Waals surface area contributed by atoms with Gasteiger partial charge >= 0.3 is 5.97 Å². The molecule has 0 saturated carbocycles. The molecule has 0 aliphatic carbocycles. The van der Waals surface area contributed by atoms with Crippen molar-refractivity contribution in [2.75, 3.05) is 26.4 Å². The fourth-order valence-corrected chi connectivity index (χ4v) is 2.03. The third kappa shape index (κ3) is 17.4. The van der Waals surface area contributed by atoms with Crippen LogP contribution in [0.25, 0.3) is 0 Å². The Morgan fingerprint density at radius 1 is 0.800 bits per heavy atom. The molecule has 1 saturated heterocycles. The minimum Gasteiger partial charge on any atom is -0.481 e. The zero-order valence-electron chi connectivity index (χ0n) is 13.1. The van der Waals surface area contributed by atoms with Crippen LogP contribution in [-0.4, -0.2) is 37.5 Å². The van der Waals surface area contributed by atoms with Gasteiger partial charge in [-0.2, -0.15) is 0 Å². The summed E-state index contributed by atoms with van der Waals surface area (Å²) in [6.45, 7) is 5.34. The third-order valence-corrected chi connectivity index (χ3v) is 3.24. The van der Waals surface area contributed by atoms with Gasteiger partial charge in [-0.05, 0) is 6.42 Å². The molecule has 1 fully saturated rings. The standard InChI is InChI=1S/C12H24O2.C4H8O2/c1-2-3-4-5-6-7-8-9-10-11-12(13)14;1-2-6-4-3-5-1/h2-11H2,1H3,(H,13,14);1-4H2. The Kier molecular flexibility index (Phi) is 15.9. The summed E-state index contributed by atoms with van der Waals surface area (Å²) < 4.78 is 9.89. The van der Waals surface area contributed by atoms with Crippen LogP contribution in [0.3, 0.4) is 0 Å². The van der Waals surface area contributed by atoms with Gasteiger partial charge in [0.15, 0.2) is 0 Å². The number of hydrogen-bond donors (Lipinski definition) is 1. The summed E-state index contributed by atoms with van der Waals surface area (Å²) in [5.41, 5.74) is 0. The predicted molar refractivity (Wildman–Crippen MR) is 81.1 cm³/mol. The van der Waals surface area contributed by atoms with Crippen LogP contribution < -0.4 is 0 Å². The molecule has 0 aromatic heterocycles. The second-order valence-corrected chi connectivity index (χ2v) is 5.20. The lowest BCUT2D eigenvalue weighted by atomic mass is 10.1. The smallest absolute Gasteiger partial charge is 0.303 e. The van der Waals surface area contributed by atoms with E-state index in [-0.39, 0.29) is 0 Å². The lowest BCUT2D eigenvalue weighted by molar-refractivity contribution is -0.137. The summed E-state index contributed by atoms with van der Waals surface area (Å²) in [5.74, 6) is -0.659. The van der Waals surface area contributed by atoms with E-state index in [9.17, 15) is 4.79 Å². The number of rotatable bonds is 10. The minimum absolute atomic E-state index is 0.343. The molecule has 4 nitrogen and oxygen atoms in total. The molecule has 0 spiro atoms. The topological polar surface area (TPSA) is 55.8 Å². The molecule has 1 N–H and O–H groups in total. The van der Waals surface area contributed by atoms with E-state index in [1.165, 1.54) is 44.9 Å². The molecule has 0 aromatic rings. The van der Waals surface area contributed by atoms with Crippen molar-refractivity contribution in [2.45, 2.75) is 71.1 Å². The lowest BCUT2D eigenvalue weighted by Gasteiger charge is -2.09. The fraction of sp³-hybridized carbons (Fsp3) is 0.938. The van der Waals surface area contributed by atoms with Crippen LogP contribution in [0.1, 0.15) is 71.1 Å². The summed E-state index contributed by atoms with van der Waals surface area (Å²) in [5, 5.41) is 8.41. The highest BCUT2D eigenvalue weighted by molar-refractivity contribution is 5.66. The Balaban J connectivity index is 0.000000493. The van der Waals surface area contributed by atoms with Crippen molar-refractivity contribution in [1.29, 1.82) is 0 Å². The maximum Gasteiger partial charge on any atom is 0.303 e. The van der Waals surface area contributed by atoms with E-state index in [2.05, 4.69) is 6.92 Å². The minimum atomic E-state index is -0.659. The normalized spacial score (nSPS) is 14.4. The number of unbranched alkanes of at least 4 members (excludes halogenated alkanes) is 8. The van der Waals surface area contributed by atoms with Gasteiger partial charge < -0.3 is 14.6 Å². The second kappa shape index (κ2) is 16.4. The van der Waals surface area contributed by atoms with Gasteiger partial charge in [0.25, 0.3) is 0 Å². The quantitative estimate of drug-likeness (QED) is 0.617. The average Bonchev–Trinajstić information content (AvgIpc) is 2.48. The van der Waals surface area contributed by atoms with Gasteiger partial charge in [-0.15, -0.1) is 0 Å². The molecule has 4 heteroatoms. The van der Waals surface area contributed by atoms with Gasteiger partial charge in [-0.25, -0.2) is 0 Å². The zero-order valence-corrected chi connectivity index (χ0v) is 13.1. The van der Waals surface area contributed by atoms with Gasteiger partial charge in [0.1, 0.15) is 0 Å². The monoisotopic (exact) mass is 288 g/mol. The first-order valence-corrected chi connectivity index (χ1v) is 8.14. The van der Waals surface area contributed by atoms with E-state index in [1.807, 2.05) is 0 Å². The van der Waals surface area contributed by atoms with Crippen LogP contribution in [0.5, 0.6) is 0 Å². The molecule has 1 aliphatic heterocycles. The third-order valence-electron chi connectivity index (χ3n) is 3.24. The summed E-state index contributed by atoms with van der Waals surface area (Å²) in [6.07, 6.45) is 11.5. The molecule has 1 aliphatic rings. The largest absolute Gasteiger partial charge is 0.481 e. The van der Waals surface area contributed by atoms with Crippen molar-refractivity contribution in [3.8, 4) is 0 Å². The van der Waals surface area contributed by atoms with Crippen molar-refractivity contribution in [2.24, 2.45) is 0 Å². The summed E-state index contributed by atoms with van der Waals surface area (Å²) >= 11 is 0. The Labute approximate surface area is 123 Å². The Morgan fingerprint density at radius 3 is 1.55 bits per heavy atom. The van der Waals surface area contributed by atoms with Crippen molar-refractivity contribution in [3.63, 3.8) is 0 Å². The van der Waals surface area contributed by atoms with Crippen molar-refractivity contribution < 1.29 is 19.4 Å². The molecule has 1 heterocycles. The highest BCUT2D eigenvalue weighted by Gasteiger charge is 1.96. The Morgan fingerprint density at radius 2 is 1.20 bits per heavy atom. The summed E-state index contributed by atoms with van der Waals surface area (Å²) in [4.78, 5) is 10.2. The van der Waals surface area contributed by atoms with E-state index in [1.54, 1.807) is 0 Å². The number of hydrogen-bond acceptors (Lipinski definition) is 3. The van der Waals surface area contributed by atoms with Crippen LogP contribution in [0.2, 0.25) is 0 Å². The number of ether oxygens (including phenoxy) is 2. The highest BCUT2D eigenvalue weighted by Crippen LogP contribution is 2.10. The van der Waals surface area contributed by atoms with Crippen molar-refractivity contribution in [3.05, 3.63) is 0 Å². The van der Waals surface area contributed by atoms with Crippen molar-refractivity contribution >= 4 is 5.97 Å². The van der Waals surface area contributed by atoms with Crippen LogP contribution in [0.15, 0.2) is 0 Å². The van der Waals surface area contributed by atoms with Gasteiger partial charge in [-0.1, -0.05) is 58.3 Å². The van der Waals surface area contributed by atoms with Gasteiger partial charge in [-0.3, -0.25) is 4.79 Å². The summed E-state index contributed by atoms with van der Waals surface area (Å²) in [7, 11) is 0. The van der Waals surface area contributed by atoms with E-state index in [0.29, 0.717) is 6.42 Å². The van der Waals surface area contributed by atoms with Gasteiger partial charge in [0, 0.05) is 6.42 Å². The maximum atomic E-state index is 10.2. The molecule has 0 radical (unpaired) electrons. The molecule has 1 rings (SSSR count). The van der Waals surface area contributed by atoms with Crippen LogP contribution in [0, 0.1) is 0 Å². The van der Waals surface area contributed by atoms with Crippen molar-refractivity contribution in [1.82, 2.24) is 0 Å². The molecule has 20 heavy (non-hydrogen) atoms. The highest BCUT2D eigenvalue weighted by atomic mass is 16.6. The van der Waals surface area contributed by atoms with Crippen LogP contribution in [0.4, 0.5) is 0 Å². The Bertz CT molecular complexity index is 191. The number of carboxylic acids is 1. The first-order chi connectivity index (χ1) is 9.77. The Hall–Kier alpha value is -0.610. The van der Waals surface area contributed by atoms with Crippen LogP contribution >= 0.6 is 0 Å². The average molecular weight is 288 g/mol. The number of aliphatic carboxylic acids is 1. The zero-order chi connectivity index (χ0) is 14.9. The maximum absolute atomic E-state index is 10.2. The molecular weight excluding hydrogens is 256 g/mol. The number of carbonyl (C=O) groups is 1. The van der Waals surface area contributed by atoms with E-state index < -0.39 is 5.97 Å². The molecule has 0 bridgehead atoms. The molecular formula is C16H32O4. The molecule has 0 amide bonds. The second-order valence-electron chi connectivity index (χ2n) is 5.20. The molecule has 0 unspecified atom stereocenters. The predicted octanol–water partition coefficient (Wildman–Crippen LogP) is 4.03. The van der Waals surface area contributed by atoms with E-state index in [0.717, 1.165) is 39.3 Å². The van der Waals surface area contributed by atoms with E-state index >= 15 is 0 Å². The van der Waals surface area contributed by atoms with E-state index in [4.69, 9.17) is 14.6 Å². The first kappa shape index (κ1) is 19.4. The molecule has 120 valence electrons. The van der Waals surface area contributed by atoms with Gasteiger partial charge in [0.2, 0.25) is 0 Å². The van der Waals surface area contributed by atoms with Gasteiger partial charge in [0.05, 0.1) is 26.4 Å². The molecule has 0 aromatic carbocycles.